The summed E-state index contributed by atoms with van der Waals surface area (Å²) in [5.74, 6) is 2.59. The van der Waals surface area contributed by atoms with Gasteiger partial charge in [-0.25, -0.2) is 9.77 Å². The number of para-hydroxylation sites is 1. The number of rotatable bonds is 9. The monoisotopic (exact) mass is 476 g/mol. The highest BCUT2D eigenvalue weighted by atomic mass is 79.9. The third-order valence-corrected chi connectivity index (χ3v) is 4.96. The third-order valence-electron chi connectivity index (χ3n) is 4.10. The molecule has 0 saturated heterocycles. The Morgan fingerprint density at radius 3 is 2.72 bits per heavy atom. The molecule has 0 amide bonds. The van der Waals surface area contributed by atoms with Crippen LogP contribution in [0.25, 0.3) is 11.4 Å². The minimum absolute atomic E-state index is 0.388. The second kappa shape index (κ2) is 9.62. The van der Waals surface area contributed by atoms with Gasteiger partial charge < -0.3 is 19.6 Å². The van der Waals surface area contributed by atoms with E-state index in [4.69, 9.17) is 26.4 Å². The zero-order valence-corrected chi connectivity index (χ0v) is 18.5. The van der Waals surface area contributed by atoms with E-state index in [1.807, 2.05) is 36.4 Å². The van der Waals surface area contributed by atoms with Crippen molar-refractivity contribution in [2.24, 2.45) is 0 Å². The quantitative estimate of drug-likeness (QED) is 0.344. The Kier molecular flexibility index (Phi) is 6.95. The van der Waals surface area contributed by atoms with E-state index in [2.05, 4.69) is 38.1 Å². The van der Waals surface area contributed by atoms with Gasteiger partial charge in [-0.1, -0.05) is 24.8 Å². The van der Waals surface area contributed by atoms with Gasteiger partial charge >= 0.3 is 0 Å². The molecule has 9 heteroatoms. The van der Waals surface area contributed by atoms with E-state index < -0.39 is 0 Å². The molecule has 0 fully saturated rings. The maximum atomic E-state index is 5.67. The highest BCUT2D eigenvalue weighted by Gasteiger charge is 2.15. The second-order valence-corrected chi connectivity index (χ2v) is 7.17. The smallest absolute Gasteiger partial charge is 0.214 e. The van der Waals surface area contributed by atoms with Crippen LogP contribution in [0.15, 0.2) is 53.5 Å². The summed E-state index contributed by atoms with van der Waals surface area (Å²) < 4.78 is 19.5. The number of aromatic amines is 1. The number of ether oxygens (including phenoxy) is 3. The number of nitrogens with one attached hydrogen (secondary N) is 2. The van der Waals surface area contributed by atoms with E-state index in [0.29, 0.717) is 41.0 Å². The Hall–Kier alpha value is -2.78. The summed E-state index contributed by atoms with van der Waals surface area (Å²) in [6.07, 6.45) is 1.68. The lowest BCUT2D eigenvalue weighted by Crippen LogP contribution is -2.16. The van der Waals surface area contributed by atoms with Crippen molar-refractivity contribution in [2.45, 2.75) is 6.54 Å². The summed E-state index contributed by atoms with van der Waals surface area (Å²) in [7, 11) is 3.23. The van der Waals surface area contributed by atoms with Crippen LogP contribution in [0.5, 0.6) is 17.2 Å². The summed E-state index contributed by atoms with van der Waals surface area (Å²) in [6, 6.07) is 11.5. The maximum absolute atomic E-state index is 5.67. The lowest BCUT2D eigenvalue weighted by Gasteiger charge is -2.15. The summed E-state index contributed by atoms with van der Waals surface area (Å²) >= 11 is 8.93. The van der Waals surface area contributed by atoms with Crippen molar-refractivity contribution in [2.75, 3.05) is 26.3 Å². The molecule has 3 rings (SSSR count). The van der Waals surface area contributed by atoms with Gasteiger partial charge in [0.25, 0.3) is 0 Å². The molecular weight excluding hydrogens is 456 g/mol. The Labute approximate surface area is 182 Å². The molecule has 0 aliphatic carbocycles. The predicted octanol–water partition coefficient (Wildman–Crippen LogP) is 4.70. The van der Waals surface area contributed by atoms with E-state index in [1.165, 1.54) is 0 Å². The van der Waals surface area contributed by atoms with E-state index in [9.17, 15) is 0 Å². The van der Waals surface area contributed by atoms with Gasteiger partial charge in [0.1, 0.15) is 12.4 Å². The van der Waals surface area contributed by atoms with Crippen LogP contribution in [-0.2, 0) is 6.54 Å². The Morgan fingerprint density at radius 1 is 1.24 bits per heavy atom. The zero-order chi connectivity index (χ0) is 20.8. The van der Waals surface area contributed by atoms with Gasteiger partial charge in [0.15, 0.2) is 17.3 Å². The second-order valence-electron chi connectivity index (χ2n) is 5.93. The summed E-state index contributed by atoms with van der Waals surface area (Å²) in [5.41, 5.74) is 5.09. The Bertz CT molecular complexity index is 1060. The van der Waals surface area contributed by atoms with E-state index in [1.54, 1.807) is 25.0 Å². The molecule has 0 saturated carbocycles. The largest absolute Gasteiger partial charge is 0.496 e. The maximum Gasteiger partial charge on any atom is 0.214 e. The van der Waals surface area contributed by atoms with Crippen molar-refractivity contribution in [3.8, 4) is 28.6 Å². The number of nitrogens with zero attached hydrogens (tertiary/aromatic N) is 2. The molecular formula is C20H21BrN4O3S. The van der Waals surface area contributed by atoms with Crippen LogP contribution in [0.2, 0.25) is 0 Å². The molecule has 7 nitrogen and oxygen atoms in total. The average molecular weight is 477 g/mol. The topological polar surface area (TPSA) is 73.3 Å². The molecule has 0 spiro atoms. The first-order valence-corrected chi connectivity index (χ1v) is 9.94. The molecule has 29 heavy (non-hydrogen) atoms. The Balaban J connectivity index is 1.88. The first-order chi connectivity index (χ1) is 14.1. The lowest BCUT2D eigenvalue weighted by molar-refractivity contribution is 0.324. The lowest BCUT2D eigenvalue weighted by atomic mass is 10.2. The first kappa shape index (κ1) is 20.9. The third kappa shape index (κ3) is 4.63. The number of hydrogen-bond donors (Lipinski definition) is 2. The van der Waals surface area contributed by atoms with Gasteiger partial charge in [0.05, 0.1) is 30.8 Å². The van der Waals surface area contributed by atoms with Crippen molar-refractivity contribution >= 4 is 28.1 Å². The number of benzene rings is 2. The van der Waals surface area contributed by atoms with Crippen molar-refractivity contribution < 1.29 is 14.2 Å². The number of hydrogen-bond acceptors (Lipinski definition) is 6. The molecule has 2 aromatic carbocycles. The molecule has 0 unspecified atom stereocenters. The summed E-state index contributed by atoms with van der Waals surface area (Å²) in [6.45, 7) is 4.54. The number of methoxy groups -OCH3 is 2. The minimum Gasteiger partial charge on any atom is -0.496 e. The molecule has 0 aliphatic rings. The van der Waals surface area contributed by atoms with E-state index in [0.717, 1.165) is 15.6 Å². The summed E-state index contributed by atoms with van der Waals surface area (Å²) in [4.78, 5) is 0. The van der Waals surface area contributed by atoms with Crippen LogP contribution < -0.4 is 19.6 Å². The number of aromatic nitrogens is 3. The molecule has 1 aromatic heterocycles. The van der Waals surface area contributed by atoms with Gasteiger partial charge in [-0.05, 0) is 58.0 Å². The van der Waals surface area contributed by atoms with Gasteiger partial charge in [0, 0.05) is 0 Å². The molecule has 0 radical (unpaired) electrons. The van der Waals surface area contributed by atoms with Crippen molar-refractivity contribution in [3.05, 3.63) is 63.9 Å². The fourth-order valence-corrected chi connectivity index (χ4v) is 3.58. The standard InChI is InChI=1S/C20H21BrN4O3S/c1-4-9-28-18-15(21)10-13(11-17(18)27-3)12-22-25-19(23-24-20(25)29)14-7-5-6-8-16(14)26-2/h4-8,10-11,22H,1,9,12H2,2-3H3,(H,24,29). The van der Waals surface area contributed by atoms with Crippen molar-refractivity contribution in [1.82, 2.24) is 14.9 Å². The van der Waals surface area contributed by atoms with Crippen molar-refractivity contribution in [3.63, 3.8) is 0 Å². The van der Waals surface area contributed by atoms with Crippen LogP contribution in [0, 0.1) is 4.77 Å². The zero-order valence-electron chi connectivity index (χ0n) is 16.1. The average Bonchev–Trinajstić information content (AvgIpc) is 3.11. The SMILES string of the molecule is C=CCOc1c(Br)cc(CNn2c(-c3ccccc3OC)n[nH]c2=S)cc1OC. The molecule has 0 bridgehead atoms. The van der Waals surface area contributed by atoms with Crippen LogP contribution in [0.3, 0.4) is 0 Å². The van der Waals surface area contributed by atoms with Gasteiger partial charge in [-0.3, -0.25) is 0 Å². The van der Waals surface area contributed by atoms with Crippen molar-refractivity contribution in [1.29, 1.82) is 0 Å². The molecule has 2 N–H and O–H groups in total. The van der Waals surface area contributed by atoms with Crippen LogP contribution in [0.4, 0.5) is 0 Å². The first-order valence-electron chi connectivity index (χ1n) is 8.73. The molecule has 3 aromatic rings. The van der Waals surface area contributed by atoms with Crippen LogP contribution >= 0.6 is 28.1 Å². The summed E-state index contributed by atoms with van der Waals surface area (Å²) in [5, 5.41) is 7.17. The molecule has 0 atom stereocenters. The van der Waals surface area contributed by atoms with Crippen LogP contribution in [-0.4, -0.2) is 35.7 Å². The van der Waals surface area contributed by atoms with E-state index in [-0.39, 0.29) is 0 Å². The molecule has 1 heterocycles. The Morgan fingerprint density at radius 2 is 2.00 bits per heavy atom. The highest BCUT2D eigenvalue weighted by Crippen LogP contribution is 2.37. The number of halogens is 1. The number of H-pyrrole nitrogens is 1. The van der Waals surface area contributed by atoms with E-state index >= 15 is 0 Å². The normalized spacial score (nSPS) is 10.4. The molecule has 152 valence electrons. The van der Waals surface area contributed by atoms with Gasteiger partial charge in [-0.15, -0.1) is 0 Å². The van der Waals surface area contributed by atoms with Crippen LogP contribution in [0.1, 0.15) is 5.56 Å². The predicted molar refractivity (Wildman–Crippen MR) is 119 cm³/mol. The van der Waals surface area contributed by atoms with Gasteiger partial charge in [0.2, 0.25) is 4.77 Å². The molecule has 0 aliphatic heterocycles. The fraction of sp³-hybridized carbons (Fsp3) is 0.200. The van der Waals surface area contributed by atoms with Gasteiger partial charge in [-0.2, -0.15) is 5.10 Å². The fourth-order valence-electron chi connectivity index (χ4n) is 2.78. The minimum atomic E-state index is 0.388. The highest BCUT2D eigenvalue weighted by molar-refractivity contribution is 9.10.